The van der Waals surface area contributed by atoms with Gasteiger partial charge in [-0.1, -0.05) is 45.0 Å². The van der Waals surface area contributed by atoms with E-state index in [4.69, 9.17) is 0 Å². The van der Waals surface area contributed by atoms with Crippen molar-refractivity contribution in [3.8, 4) is 0 Å². The smallest absolute Gasteiger partial charge is 0.307 e. The van der Waals surface area contributed by atoms with Crippen LogP contribution in [0.15, 0.2) is 24.3 Å². The molecule has 110 valence electrons. The van der Waals surface area contributed by atoms with Crippen LogP contribution in [-0.4, -0.2) is 30.9 Å². The Morgan fingerprint density at radius 1 is 1.20 bits per heavy atom. The molecule has 0 saturated heterocycles. The predicted molar refractivity (Wildman–Crippen MR) is 78.8 cm³/mol. The number of aryl methyl sites for hydroxylation is 1. The van der Waals surface area contributed by atoms with Gasteiger partial charge in [-0.25, -0.2) is 0 Å². The molecular weight excluding hydrogens is 254 g/mol. The van der Waals surface area contributed by atoms with E-state index in [1.165, 1.54) is 12.7 Å². The van der Waals surface area contributed by atoms with Crippen molar-refractivity contribution in [2.45, 2.75) is 45.7 Å². The summed E-state index contributed by atoms with van der Waals surface area (Å²) in [6.45, 7) is 5.95. The summed E-state index contributed by atoms with van der Waals surface area (Å²) in [5.74, 6) is -0.464. The first-order valence-corrected chi connectivity index (χ1v) is 6.94. The van der Waals surface area contributed by atoms with Gasteiger partial charge in [0.25, 0.3) is 0 Å². The lowest BCUT2D eigenvalue weighted by atomic mass is 9.99. The van der Waals surface area contributed by atoms with Crippen LogP contribution in [0, 0.1) is 0 Å². The van der Waals surface area contributed by atoms with Gasteiger partial charge in [0.05, 0.1) is 19.6 Å². The molecule has 4 heteroatoms. The van der Waals surface area contributed by atoms with Gasteiger partial charge in [-0.15, -0.1) is 0 Å². The zero-order chi connectivity index (χ0) is 15.1. The Balaban J connectivity index is 2.87. The minimum atomic E-state index is -0.546. The Labute approximate surface area is 120 Å². The molecule has 1 N–H and O–H groups in total. The number of ketones is 1. The summed E-state index contributed by atoms with van der Waals surface area (Å²) in [5, 5.41) is 3.12. The third-order valence-corrected chi connectivity index (χ3v) is 3.10. The van der Waals surface area contributed by atoms with E-state index in [0.717, 1.165) is 6.42 Å². The first kappa shape index (κ1) is 16.4. The molecule has 0 radical (unpaired) electrons. The maximum Gasteiger partial charge on any atom is 0.307 e. The quantitative estimate of drug-likeness (QED) is 0.614. The molecule has 1 rings (SSSR count). The van der Waals surface area contributed by atoms with Crippen LogP contribution in [0.25, 0.3) is 0 Å². The lowest BCUT2D eigenvalue weighted by Gasteiger charge is -2.19. The van der Waals surface area contributed by atoms with E-state index < -0.39 is 6.04 Å². The number of methoxy groups -OCH3 is 1. The summed E-state index contributed by atoms with van der Waals surface area (Å²) in [6, 6.07) is 7.08. The lowest BCUT2D eigenvalue weighted by Crippen LogP contribution is -2.42. The fourth-order valence-electron chi connectivity index (χ4n) is 1.99. The maximum atomic E-state index is 12.5. The molecule has 4 nitrogen and oxygen atoms in total. The Hall–Kier alpha value is -1.68. The number of nitrogens with one attached hydrogen (secondary N) is 1. The first-order valence-electron chi connectivity index (χ1n) is 6.94. The van der Waals surface area contributed by atoms with Gasteiger partial charge in [-0.05, 0) is 12.0 Å². The topological polar surface area (TPSA) is 55.4 Å². The van der Waals surface area contributed by atoms with Crippen LogP contribution >= 0.6 is 0 Å². The van der Waals surface area contributed by atoms with Crippen LogP contribution in [0.1, 0.15) is 43.1 Å². The molecule has 0 aliphatic heterocycles. The molecule has 1 unspecified atom stereocenters. The molecule has 1 atom stereocenters. The van der Waals surface area contributed by atoms with E-state index in [0.29, 0.717) is 5.56 Å². The van der Waals surface area contributed by atoms with Gasteiger partial charge in [0, 0.05) is 11.6 Å². The van der Waals surface area contributed by atoms with Gasteiger partial charge in [0.1, 0.15) is 0 Å². The lowest BCUT2D eigenvalue weighted by molar-refractivity contribution is -0.141. The summed E-state index contributed by atoms with van der Waals surface area (Å²) in [7, 11) is 1.33. The van der Waals surface area contributed by atoms with Crippen LogP contribution in [0.2, 0.25) is 0 Å². The van der Waals surface area contributed by atoms with Crippen molar-refractivity contribution >= 4 is 11.8 Å². The highest BCUT2D eigenvalue weighted by Gasteiger charge is 2.23. The van der Waals surface area contributed by atoms with Crippen LogP contribution in [0.5, 0.6) is 0 Å². The highest BCUT2D eigenvalue weighted by Crippen LogP contribution is 2.10. The Kier molecular flexibility index (Phi) is 6.39. The van der Waals surface area contributed by atoms with Crippen molar-refractivity contribution in [1.29, 1.82) is 0 Å². The van der Waals surface area contributed by atoms with Crippen LogP contribution in [-0.2, 0) is 16.0 Å². The average molecular weight is 277 g/mol. The van der Waals surface area contributed by atoms with E-state index in [1.807, 2.05) is 38.1 Å². The monoisotopic (exact) mass is 277 g/mol. The molecule has 1 aromatic rings. The van der Waals surface area contributed by atoms with Crippen molar-refractivity contribution in [3.05, 3.63) is 35.4 Å². The van der Waals surface area contributed by atoms with Gasteiger partial charge in [0.2, 0.25) is 0 Å². The number of carbonyl (C=O) groups is 2. The number of Topliss-reactive ketones (excluding diaryl/α,β-unsaturated/α-hetero) is 1. The highest BCUT2D eigenvalue weighted by molar-refractivity contribution is 6.01. The van der Waals surface area contributed by atoms with Crippen LogP contribution < -0.4 is 5.32 Å². The Morgan fingerprint density at radius 3 is 2.25 bits per heavy atom. The zero-order valence-electron chi connectivity index (χ0n) is 12.6. The molecule has 0 amide bonds. The van der Waals surface area contributed by atoms with E-state index in [1.54, 1.807) is 0 Å². The van der Waals surface area contributed by atoms with Gasteiger partial charge in [-0.3, -0.25) is 9.59 Å². The molecule has 0 heterocycles. The minimum Gasteiger partial charge on any atom is -0.469 e. The SMILES string of the molecule is CCc1ccc(C(=O)C(CC(=O)OC)NC(C)C)cc1. The molecule has 0 aromatic heterocycles. The third kappa shape index (κ3) is 4.78. The van der Waals surface area contributed by atoms with Gasteiger partial charge >= 0.3 is 5.97 Å². The zero-order valence-corrected chi connectivity index (χ0v) is 12.6. The van der Waals surface area contributed by atoms with E-state index in [-0.39, 0.29) is 24.2 Å². The standard InChI is InChI=1S/C16H23NO3/c1-5-12-6-8-13(9-7-12)16(19)14(17-11(2)3)10-15(18)20-4/h6-9,11,14,17H,5,10H2,1-4H3. The molecule has 0 aliphatic carbocycles. The molecule has 0 fully saturated rings. The maximum absolute atomic E-state index is 12.5. The molecular formula is C16H23NO3. The minimum absolute atomic E-state index is 0.0447. The summed E-state index contributed by atoms with van der Waals surface area (Å²) in [5.41, 5.74) is 1.80. The number of esters is 1. The van der Waals surface area contributed by atoms with Crippen molar-refractivity contribution in [2.24, 2.45) is 0 Å². The predicted octanol–water partition coefficient (Wildman–Crippen LogP) is 2.36. The van der Waals surface area contributed by atoms with Crippen molar-refractivity contribution in [3.63, 3.8) is 0 Å². The first-order chi connectivity index (χ1) is 9.47. The normalized spacial score (nSPS) is 12.2. The second-order valence-corrected chi connectivity index (χ2v) is 5.07. The number of benzene rings is 1. The molecule has 0 bridgehead atoms. The summed E-state index contributed by atoms with van der Waals surface area (Å²) >= 11 is 0. The fourth-order valence-corrected chi connectivity index (χ4v) is 1.99. The molecule has 20 heavy (non-hydrogen) atoms. The third-order valence-electron chi connectivity index (χ3n) is 3.10. The summed E-state index contributed by atoms with van der Waals surface area (Å²) in [6.07, 6.45) is 0.980. The summed E-state index contributed by atoms with van der Waals surface area (Å²) in [4.78, 5) is 23.9. The van der Waals surface area contributed by atoms with Crippen LogP contribution in [0.4, 0.5) is 0 Å². The molecule has 1 aromatic carbocycles. The van der Waals surface area contributed by atoms with E-state index in [9.17, 15) is 9.59 Å². The summed E-state index contributed by atoms with van der Waals surface area (Å²) < 4.78 is 4.65. The number of carbonyl (C=O) groups excluding carboxylic acids is 2. The van der Waals surface area contributed by atoms with Gasteiger partial charge in [-0.2, -0.15) is 0 Å². The molecule has 0 saturated carbocycles. The van der Waals surface area contributed by atoms with Crippen LogP contribution in [0.3, 0.4) is 0 Å². The number of hydrogen-bond donors (Lipinski definition) is 1. The molecule has 0 spiro atoms. The number of ether oxygens (including phenoxy) is 1. The van der Waals surface area contributed by atoms with Crippen molar-refractivity contribution in [1.82, 2.24) is 5.32 Å². The fraction of sp³-hybridized carbons (Fsp3) is 0.500. The van der Waals surface area contributed by atoms with Gasteiger partial charge < -0.3 is 10.1 Å². The van der Waals surface area contributed by atoms with E-state index >= 15 is 0 Å². The number of rotatable bonds is 7. The highest BCUT2D eigenvalue weighted by atomic mass is 16.5. The second kappa shape index (κ2) is 7.80. The van der Waals surface area contributed by atoms with Crippen molar-refractivity contribution < 1.29 is 14.3 Å². The number of hydrogen-bond acceptors (Lipinski definition) is 4. The molecule has 0 aliphatic rings. The van der Waals surface area contributed by atoms with E-state index in [2.05, 4.69) is 17.0 Å². The Bertz CT molecular complexity index is 451. The Morgan fingerprint density at radius 2 is 1.80 bits per heavy atom. The average Bonchev–Trinajstić information content (AvgIpc) is 2.45. The second-order valence-electron chi connectivity index (χ2n) is 5.07. The van der Waals surface area contributed by atoms with Gasteiger partial charge in [0.15, 0.2) is 5.78 Å². The largest absolute Gasteiger partial charge is 0.469 e. The van der Waals surface area contributed by atoms with Crippen molar-refractivity contribution in [2.75, 3.05) is 7.11 Å².